The maximum atomic E-state index is 12.9. The Morgan fingerprint density at radius 3 is 2.81 bits per heavy atom. The average molecular weight is 368 g/mol. The highest BCUT2D eigenvalue weighted by molar-refractivity contribution is 6.07. The second kappa shape index (κ2) is 8.05. The fourth-order valence-corrected chi connectivity index (χ4v) is 3.79. The molecule has 1 aromatic heterocycles. The van der Waals surface area contributed by atoms with Crippen molar-refractivity contribution in [1.82, 2.24) is 15.2 Å². The van der Waals surface area contributed by atoms with Gasteiger partial charge in [0.1, 0.15) is 0 Å². The van der Waals surface area contributed by atoms with Crippen LogP contribution in [-0.4, -0.2) is 47.9 Å². The van der Waals surface area contributed by atoms with Gasteiger partial charge in [0.15, 0.2) is 0 Å². The summed E-state index contributed by atoms with van der Waals surface area (Å²) in [6.45, 7) is 8.77. The molecule has 0 saturated carbocycles. The Hall–Kier alpha value is -2.47. The molecular formula is C21H28N4O2. The predicted octanol–water partition coefficient (Wildman–Crippen LogP) is 2.09. The van der Waals surface area contributed by atoms with Gasteiger partial charge in [-0.05, 0) is 57.9 Å². The third kappa shape index (κ3) is 4.27. The Kier molecular flexibility index (Phi) is 5.75. The van der Waals surface area contributed by atoms with E-state index in [4.69, 9.17) is 5.73 Å². The molecule has 2 aromatic rings. The van der Waals surface area contributed by atoms with Gasteiger partial charge in [0.2, 0.25) is 5.91 Å². The van der Waals surface area contributed by atoms with Crippen LogP contribution >= 0.6 is 0 Å². The number of rotatable bonds is 5. The molecule has 0 bridgehead atoms. The van der Waals surface area contributed by atoms with Gasteiger partial charge in [-0.2, -0.15) is 0 Å². The zero-order chi connectivity index (χ0) is 19.6. The summed E-state index contributed by atoms with van der Waals surface area (Å²) in [5.74, 6) is -0.378. The molecule has 1 aromatic carbocycles. The summed E-state index contributed by atoms with van der Waals surface area (Å²) < 4.78 is 0. The van der Waals surface area contributed by atoms with Crippen molar-refractivity contribution in [2.24, 2.45) is 11.7 Å². The molecule has 3 N–H and O–H groups in total. The number of piperidine rings is 1. The third-order valence-electron chi connectivity index (χ3n) is 5.48. The van der Waals surface area contributed by atoms with E-state index in [-0.39, 0.29) is 17.7 Å². The summed E-state index contributed by atoms with van der Waals surface area (Å²) >= 11 is 0. The van der Waals surface area contributed by atoms with Gasteiger partial charge >= 0.3 is 0 Å². The van der Waals surface area contributed by atoms with Gasteiger partial charge in [-0.15, -0.1) is 0 Å². The van der Waals surface area contributed by atoms with E-state index in [1.165, 1.54) is 0 Å². The average Bonchev–Trinajstić information content (AvgIpc) is 2.63. The number of fused-ring (bicyclic) bond motifs is 1. The van der Waals surface area contributed by atoms with Gasteiger partial charge in [0.05, 0.1) is 17.0 Å². The molecular weight excluding hydrogens is 340 g/mol. The van der Waals surface area contributed by atoms with Gasteiger partial charge in [0, 0.05) is 30.7 Å². The number of likely N-dealkylation sites (tertiary alicyclic amines) is 1. The van der Waals surface area contributed by atoms with E-state index in [0.717, 1.165) is 53.7 Å². The minimum atomic E-state index is -0.228. The Bertz CT molecular complexity index is 878. The molecule has 2 amide bonds. The molecule has 27 heavy (non-hydrogen) atoms. The highest BCUT2D eigenvalue weighted by Crippen LogP contribution is 2.24. The molecule has 3 rings (SSSR count). The number of aromatic nitrogens is 1. The van der Waals surface area contributed by atoms with E-state index in [1.54, 1.807) is 0 Å². The summed E-state index contributed by atoms with van der Waals surface area (Å²) in [6, 6.07) is 5.99. The third-order valence-corrected chi connectivity index (χ3v) is 5.48. The Morgan fingerprint density at radius 1 is 1.30 bits per heavy atom. The topological polar surface area (TPSA) is 88.3 Å². The van der Waals surface area contributed by atoms with Crippen LogP contribution in [0.4, 0.5) is 0 Å². The molecule has 144 valence electrons. The fourth-order valence-electron chi connectivity index (χ4n) is 3.79. The van der Waals surface area contributed by atoms with Crippen LogP contribution in [0.1, 0.15) is 40.0 Å². The molecule has 1 aliphatic rings. The van der Waals surface area contributed by atoms with Crippen molar-refractivity contribution in [3.05, 3.63) is 40.6 Å². The lowest BCUT2D eigenvalue weighted by Crippen LogP contribution is -2.44. The number of amides is 2. The van der Waals surface area contributed by atoms with Gasteiger partial charge < -0.3 is 16.0 Å². The lowest BCUT2D eigenvalue weighted by molar-refractivity contribution is -0.123. The van der Waals surface area contributed by atoms with Gasteiger partial charge in [-0.25, -0.2) is 0 Å². The highest BCUT2D eigenvalue weighted by Gasteiger charge is 2.24. The van der Waals surface area contributed by atoms with Crippen molar-refractivity contribution in [2.45, 2.75) is 33.6 Å². The highest BCUT2D eigenvalue weighted by atomic mass is 16.2. The molecule has 1 unspecified atom stereocenters. The van der Waals surface area contributed by atoms with E-state index in [9.17, 15) is 9.59 Å². The number of pyridine rings is 1. The smallest absolute Gasteiger partial charge is 0.252 e. The first-order chi connectivity index (χ1) is 12.9. The molecule has 6 heteroatoms. The SMILES string of the molecule is Cc1ccc2nc(C)c(C)c(C(=O)NCCN3CCCC(C(N)=O)C3)c2c1. The lowest BCUT2D eigenvalue weighted by Gasteiger charge is -2.31. The van der Waals surface area contributed by atoms with Crippen LogP contribution in [0.25, 0.3) is 10.9 Å². The molecule has 1 fully saturated rings. The van der Waals surface area contributed by atoms with E-state index >= 15 is 0 Å². The van der Waals surface area contributed by atoms with Gasteiger partial charge in [-0.3, -0.25) is 14.6 Å². The van der Waals surface area contributed by atoms with E-state index in [2.05, 4.69) is 15.2 Å². The van der Waals surface area contributed by atoms with Crippen LogP contribution in [-0.2, 0) is 4.79 Å². The molecule has 2 heterocycles. The Labute approximate surface area is 160 Å². The predicted molar refractivity (Wildman–Crippen MR) is 107 cm³/mol. The van der Waals surface area contributed by atoms with Crippen LogP contribution < -0.4 is 11.1 Å². The van der Waals surface area contributed by atoms with Crippen molar-refractivity contribution in [3.8, 4) is 0 Å². The number of aryl methyl sites for hydroxylation is 2. The van der Waals surface area contributed by atoms with E-state index < -0.39 is 0 Å². The van der Waals surface area contributed by atoms with Crippen LogP contribution in [0.3, 0.4) is 0 Å². The summed E-state index contributed by atoms with van der Waals surface area (Å²) in [4.78, 5) is 31.1. The summed E-state index contributed by atoms with van der Waals surface area (Å²) in [5.41, 5.74) is 9.87. The summed E-state index contributed by atoms with van der Waals surface area (Å²) in [6.07, 6.45) is 1.83. The summed E-state index contributed by atoms with van der Waals surface area (Å²) in [5, 5.41) is 3.94. The maximum Gasteiger partial charge on any atom is 0.252 e. The quantitative estimate of drug-likeness (QED) is 0.846. The number of hydrogen-bond acceptors (Lipinski definition) is 4. The number of carbonyl (C=O) groups is 2. The molecule has 6 nitrogen and oxygen atoms in total. The maximum absolute atomic E-state index is 12.9. The minimum Gasteiger partial charge on any atom is -0.369 e. The normalized spacial score (nSPS) is 17.8. The number of carbonyl (C=O) groups excluding carboxylic acids is 2. The minimum absolute atomic E-state index is 0.0722. The van der Waals surface area contributed by atoms with Crippen molar-refractivity contribution in [3.63, 3.8) is 0 Å². The van der Waals surface area contributed by atoms with Crippen LogP contribution in [0.2, 0.25) is 0 Å². The number of hydrogen-bond donors (Lipinski definition) is 2. The van der Waals surface area contributed by atoms with E-state index in [0.29, 0.717) is 18.7 Å². The van der Waals surface area contributed by atoms with Crippen molar-refractivity contribution in [1.29, 1.82) is 0 Å². The molecule has 0 radical (unpaired) electrons. The lowest BCUT2D eigenvalue weighted by atomic mass is 9.97. The van der Waals surface area contributed by atoms with Crippen LogP contribution in [0, 0.1) is 26.7 Å². The van der Waals surface area contributed by atoms with Crippen molar-refractivity contribution >= 4 is 22.7 Å². The Morgan fingerprint density at radius 2 is 2.07 bits per heavy atom. The first-order valence-electron chi connectivity index (χ1n) is 9.54. The molecule has 1 saturated heterocycles. The largest absolute Gasteiger partial charge is 0.369 e. The monoisotopic (exact) mass is 368 g/mol. The number of benzene rings is 1. The van der Waals surface area contributed by atoms with Crippen molar-refractivity contribution in [2.75, 3.05) is 26.2 Å². The second-order valence-corrected chi connectivity index (χ2v) is 7.52. The van der Waals surface area contributed by atoms with Crippen LogP contribution in [0.15, 0.2) is 18.2 Å². The zero-order valence-electron chi connectivity index (χ0n) is 16.3. The zero-order valence-corrected chi connectivity index (χ0v) is 16.3. The van der Waals surface area contributed by atoms with Crippen molar-refractivity contribution < 1.29 is 9.59 Å². The summed E-state index contributed by atoms with van der Waals surface area (Å²) in [7, 11) is 0. The number of nitrogens with two attached hydrogens (primary N) is 1. The van der Waals surface area contributed by atoms with E-state index in [1.807, 2.05) is 39.0 Å². The second-order valence-electron chi connectivity index (χ2n) is 7.52. The molecule has 1 aliphatic heterocycles. The first-order valence-corrected chi connectivity index (χ1v) is 9.54. The van der Waals surface area contributed by atoms with Crippen LogP contribution in [0.5, 0.6) is 0 Å². The number of nitrogens with zero attached hydrogens (tertiary/aromatic N) is 2. The number of nitrogens with one attached hydrogen (secondary N) is 1. The van der Waals surface area contributed by atoms with Gasteiger partial charge in [0.25, 0.3) is 5.91 Å². The first kappa shape index (κ1) is 19.3. The molecule has 1 atom stereocenters. The standard InChI is InChI=1S/C21H28N4O2/c1-13-6-7-18-17(11-13)19(14(2)15(3)24-18)21(27)23-8-10-25-9-4-5-16(12-25)20(22)26/h6-7,11,16H,4-5,8-10,12H2,1-3H3,(H2,22,26)(H,23,27). The number of primary amides is 1. The molecule has 0 spiro atoms. The Balaban J connectivity index is 1.70. The van der Waals surface area contributed by atoms with Gasteiger partial charge in [-0.1, -0.05) is 11.6 Å². The fraction of sp³-hybridized carbons (Fsp3) is 0.476. The molecule has 0 aliphatic carbocycles.